The van der Waals surface area contributed by atoms with E-state index in [1.165, 1.54) is 21.3 Å². The summed E-state index contributed by atoms with van der Waals surface area (Å²) in [7, 11) is 4.10. The predicted molar refractivity (Wildman–Crippen MR) is 85.7 cm³/mol. The number of hydrogen-bond acceptors (Lipinski definition) is 6. The monoisotopic (exact) mass is 321 g/mol. The fourth-order valence-electron chi connectivity index (χ4n) is 2.23. The second kappa shape index (κ2) is 9.19. The van der Waals surface area contributed by atoms with E-state index in [9.17, 15) is 9.59 Å². The molecule has 1 aromatic carbocycles. The maximum absolute atomic E-state index is 12.4. The molecule has 0 bridgehead atoms. The summed E-state index contributed by atoms with van der Waals surface area (Å²) in [6.45, 7) is 3.78. The highest BCUT2D eigenvalue weighted by Crippen LogP contribution is 2.21. The Morgan fingerprint density at radius 3 is 2.30 bits per heavy atom. The fourth-order valence-corrected chi connectivity index (χ4v) is 2.23. The van der Waals surface area contributed by atoms with E-state index >= 15 is 0 Å². The van der Waals surface area contributed by atoms with E-state index in [0.717, 1.165) is 11.6 Å². The predicted octanol–water partition coefficient (Wildman–Crippen LogP) is 1.45. The molecule has 0 fully saturated rings. The van der Waals surface area contributed by atoms with Crippen LogP contribution in [0.1, 0.15) is 12.0 Å². The first-order valence-electron chi connectivity index (χ1n) is 7.14. The number of nitrogens with one attached hydrogen (secondary N) is 1. The summed E-state index contributed by atoms with van der Waals surface area (Å²) >= 11 is 0. The van der Waals surface area contributed by atoms with Crippen LogP contribution < -0.4 is 5.32 Å². The number of ether oxygens (including phenoxy) is 3. The number of hydrogen-bond donors (Lipinski definition) is 1. The molecule has 0 aliphatic heterocycles. The summed E-state index contributed by atoms with van der Waals surface area (Å²) in [6.07, 6.45) is 0.308. The molecule has 23 heavy (non-hydrogen) atoms. The van der Waals surface area contributed by atoms with Crippen LogP contribution in [-0.2, 0) is 30.3 Å². The second-order valence-electron chi connectivity index (χ2n) is 4.91. The number of esters is 1. The molecule has 1 aromatic rings. The molecule has 0 aromatic heterocycles. The van der Waals surface area contributed by atoms with Gasteiger partial charge >= 0.3 is 5.97 Å². The van der Waals surface area contributed by atoms with E-state index < -0.39 is 23.6 Å². The molecule has 0 aliphatic carbocycles. The van der Waals surface area contributed by atoms with Crippen molar-refractivity contribution >= 4 is 11.8 Å². The lowest BCUT2D eigenvalue weighted by molar-refractivity contribution is -0.163. The van der Waals surface area contributed by atoms with Crippen molar-refractivity contribution in [2.45, 2.75) is 24.8 Å². The summed E-state index contributed by atoms with van der Waals surface area (Å²) in [5, 5.41) is 2.99. The summed E-state index contributed by atoms with van der Waals surface area (Å²) in [5.41, 5.74) is -0.702. The minimum Gasteiger partial charge on any atom is -0.467 e. The summed E-state index contributed by atoms with van der Waals surface area (Å²) in [6, 6.07) is 9.41. The number of benzene rings is 1. The van der Waals surface area contributed by atoms with Gasteiger partial charge in [-0.3, -0.25) is 10.1 Å². The van der Waals surface area contributed by atoms with E-state index in [-0.39, 0.29) is 6.42 Å². The van der Waals surface area contributed by atoms with Crippen LogP contribution in [0, 0.1) is 0 Å². The lowest BCUT2D eigenvalue weighted by atomic mass is 9.88. The molecular formula is C17H23NO5. The van der Waals surface area contributed by atoms with Gasteiger partial charge in [-0.25, -0.2) is 4.79 Å². The van der Waals surface area contributed by atoms with Gasteiger partial charge in [0.15, 0.2) is 17.6 Å². The van der Waals surface area contributed by atoms with Gasteiger partial charge in [-0.2, -0.15) is 0 Å². The smallest absolute Gasteiger partial charge is 0.334 e. The SMILES string of the molecule is C=CC(=O)[C@](CC(OC)OC)(NCc1ccccc1)C(=O)OC. The number of carbonyl (C=O) groups is 2. The van der Waals surface area contributed by atoms with Gasteiger partial charge in [0, 0.05) is 27.2 Å². The van der Waals surface area contributed by atoms with E-state index in [4.69, 9.17) is 14.2 Å². The van der Waals surface area contributed by atoms with Crippen molar-refractivity contribution in [1.29, 1.82) is 0 Å². The summed E-state index contributed by atoms with van der Waals surface area (Å²) in [5.74, 6) is -1.21. The molecular weight excluding hydrogens is 298 g/mol. The largest absolute Gasteiger partial charge is 0.467 e. The molecule has 0 unspecified atom stereocenters. The Morgan fingerprint density at radius 1 is 1.22 bits per heavy atom. The molecule has 0 saturated heterocycles. The van der Waals surface area contributed by atoms with E-state index in [1.54, 1.807) is 0 Å². The van der Waals surface area contributed by atoms with Gasteiger partial charge in [-0.1, -0.05) is 36.9 Å². The van der Waals surface area contributed by atoms with Crippen molar-refractivity contribution in [2.24, 2.45) is 0 Å². The molecule has 6 nitrogen and oxygen atoms in total. The zero-order chi connectivity index (χ0) is 17.3. The van der Waals surface area contributed by atoms with Crippen molar-refractivity contribution in [3.8, 4) is 0 Å². The minimum atomic E-state index is -1.62. The molecule has 1 rings (SSSR count). The highest BCUT2D eigenvalue weighted by atomic mass is 16.7. The quantitative estimate of drug-likeness (QED) is 0.304. The molecule has 0 radical (unpaired) electrons. The van der Waals surface area contributed by atoms with E-state index in [0.29, 0.717) is 6.54 Å². The highest BCUT2D eigenvalue weighted by Gasteiger charge is 2.47. The number of ketones is 1. The Bertz CT molecular complexity index is 527. The Kier molecular flexibility index (Phi) is 7.61. The topological polar surface area (TPSA) is 73.9 Å². The molecule has 0 heterocycles. The van der Waals surface area contributed by atoms with Crippen LogP contribution in [0.2, 0.25) is 0 Å². The van der Waals surface area contributed by atoms with E-state index in [2.05, 4.69) is 11.9 Å². The Labute approximate surface area is 136 Å². The van der Waals surface area contributed by atoms with Gasteiger partial charge in [0.05, 0.1) is 7.11 Å². The Morgan fingerprint density at radius 2 is 1.83 bits per heavy atom. The first-order chi connectivity index (χ1) is 11.0. The van der Waals surface area contributed by atoms with Crippen molar-refractivity contribution in [3.63, 3.8) is 0 Å². The average Bonchev–Trinajstić information content (AvgIpc) is 2.61. The van der Waals surface area contributed by atoms with Crippen molar-refractivity contribution < 1.29 is 23.8 Å². The molecule has 6 heteroatoms. The molecule has 0 spiro atoms. The van der Waals surface area contributed by atoms with Crippen LogP contribution in [0.15, 0.2) is 43.0 Å². The fraction of sp³-hybridized carbons (Fsp3) is 0.412. The standard InChI is InChI=1S/C17H23NO5/c1-5-14(19)17(16(20)23-4,11-15(21-2)22-3)18-12-13-9-7-6-8-10-13/h5-10,15,18H,1,11-12H2,2-4H3/t17-/m0/s1. The van der Waals surface area contributed by atoms with Crippen molar-refractivity contribution in [2.75, 3.05) is 21.3 Å². The maximum atomic E-state index is 12.4. The number of carbonyl (C=O) groups excluding carboxylic acids is 2. The van der Waals surface area contributed by atoms with Gasteiger partial charge in [-0.05, 0) is 11.6 Å². The van der Waals surface area contributed by atoms with Gasteiger partial charge in [0.1, 0.15) is 0 Å². The molecule has 0 aliphatic rings. The highest BCUT2D eigenvalue weighted by molar-refractivity contribution is 6.13. The van der Waals surface area contributed by atoms with Gasteiger partial charge in [0.2, 0.25) is 0 Å². The molecule has 0 amide bonds. The van der Waals surface area contributed by atoms with Crippen LogP contribution in [0.4, 0.5) is 0 Å². The van der Waals surface area contributed by atoms with Crippen LogP contribution in [-0.4, -0.2) is 44.9 Å². The summed E-state index contributed by atoms with van der Waals surface area (Å²) < 4.78 is 15.1. The molecule has 0 saturated carbocycles. The average molecular weight is 321 g/mol. The number of methoxy groups -OCH3 is 3. The first-order valence-corrected chi connectivity index (χ1v) is 7.14. The zero-order valence-electron chi connectivity index (χ0n) is 13.7. The molecule has 126 valence electrons. The van der Waals surface area contributed by atoms with Gasteiger partial charge in [-0.15, -0.1) is 0 Å². The first kappa shape index (κ1) is 19.0. The van der Waals surface area contributed by atoms with Crippen LogP contribution in [0.5, 0.6) is 0 Å². The van der Waals surface area contributed by atoms with Gasteiger partial charge < -0.3 is 14.2 Å². The molecule has 1 N–H and O–H groups in total. The third-order valence-corrected chi connectivity index (χ3v) is 3.58. The third kappa shape index (κ3) is 4.72. The minimum absolute atomic E-state index is 0.0373. The lowest BCUT2D eigenvalue weighted by Gasteiger charge is -2.32. The zero-order valence-corrected chi connectivity index (χ0v) is 13.7. The maximum Gasteiger partial charge on any atom is 0.334 e. The van der Waals surface area contributed by atoms with Crippen LogP contribution in [0.3, 0.4) is 0 Å². The van der Waals surface area contributed by atoms with E-state index in [1.807, 2.05) is 30.3 Å². The number of rotatable bonds is 10. The Hall–Kier alpha value is -2.02. The van der Waals surface area contributed by atoms with Crippen LogP contribution in [0.25, 0.3) is 0 Å². The van der Waals surface area contributed by atoms with Gasteiger partial charge in [0.25, 0.3) is 0 Å². The van der Waals surface area contributed by atoms with Crippen molar-refractivity contribution in [1.82, 2.24) is 5.32 Å². The Balaban J connectivity index is 3.12. The van der Waals surface area contributed by atoms with Crippen molar-refractivity contribution in [3.05, 3.63) is 48.6 Å². The lowest BCUT2D eigenvalue weighted by Crippen LogP contribution is -2.59. The second-order valence-corrected chi connectivity index (χ2v) is 4.91. The molecule has 1 atom stereocenters. The third-order valence-electron chi connectivity index (χ3n) is 3.58. The van der Waals surface area contributed by atoms with Crippen LogP contribution >= 0.6 is 0 Å². The normalized spacial score (nSPS) is 13.4. The summed E-state index contributed by atoms with van der Waals surface area (Å²) in [4.78, 5) is 24.8.